The van der Waals surface area contributed by atoms with Gasteiger partial charge in [-0.25, -0.2) is 4.39 Å². The van der Waals surface area contributed by atoms with E-state index in [2.05, 4.69) is 5.32 Å². The quantitative estimate of drug-likeness (QED) is 0.873. The van der Waals surface area contributed by atoms with Crippen molar-refractivity contribution in [2.45, 2.75) is 13.0 Å². The first-order chi connectivity index (χ1) is 8.72. The lowest BCUT2D eigenvalue weighted by molar-refractivity contribution is 0.559. The van der Waals surface area contributed by atoms with Crippen LogP contribution >= 0.6 is 11.6 Å². The Balaban J connectivity index is 2.44. The van der Waals surface area contributed by atoms with Crippen molar-refractivity contribution in [2.24, 2.45) is 0 Å². The van der Waals surface area contributed by atoms with E-state index in [1.807, 2.05) is 37.3 Å². The highest BCUT2D eigenvalue weighted by molar-refractivity contribution is 6.30. The second kappa shape index (κ2) is 5.98. The fourth-order valence-corrected chi connectivity index (χ4v) is 2.17. The molecule has 0 bridgehead atoms. The molecule has 18 heavy (non-hydrogen) atoms. The van der Waals surface area contributed by atoms with Gasteiger partial charge >= 0.3 is 0 Å². The van der Waals surface area contributed by atoms with Gasteiger partial charge in [0.15, 0.2) is 0 Å². The Morgan fingerprint density at radius 2 is 1.89 bits per heavy atom. The van der Waals surface area contributed by atoms with Gasteiger partial charge in [-0.1, -0.05) is 48.9 Å². The molecule has 3 heteroatoms. The summed E-state index contributed by atoms with van der Waals surface area (Å²) in [5.41, 5.74) is 1.61. The maximum atomic E-state index is 13.9. The second-order valence-electron chi connectivity index (χ2n) is 4.07. The summed E-state index contributed by atoms with van der Waals surface area (Å²) in [7, 11) is 0. The molecule has 0 saturated heterocycles. The summed E-state index contributed by atoms with van der Waals surface area (Å²) in [4.78, 5) is 0. The lowest BCUT2D eigenvalue weighted by Gasteiger charge is -2.19. The molecule has 1 unspecified atom stereocenters. The van der Waals surface area contributed by atoms with Gasteiger partial charge in [0.1, 0.15) is 5.82 Å². The standard InChI is InChI=1S/C15H15ClFN/c1-2-18-15(11-6-4-3-5-7-11)13-10-12(16)8-9-14(13)17/h3-10,15,18H,2H2,1H3. The van der Waals surface area contributed by atoms with Gasteiger partial charge in [-0.3, -0.25) is 0 Å². The van der Waals surface area contributed by atoms with E-state index < -0.39 is 0 Å². The van der Waals surface area contributed by atoms with Crippen LogP contribution in [0.3, 0.4) is 0 Å². The Kier molecular flexibility index (Phi) is 4.34. The van der Waals surface area contributed by atoms with Crippen molar-refractivity contribution in [3.63, 3.8) is 0 Å². The highest BCUT2D eigenvalue weighted by Gasteiger charge is 2.16. The number of nitrogens with one attached hydrogen (secondary N) is 1. The lowest BCUT2D eigenvalue weighted by atomic mass is 9.98. The van der Waals surface area contributed by atoms with Gasteiger partial charge in [-0.15, -0.1) is 0 Å². The molecule has 0 fully saturated rings. The smallest absolute Gasteiger partial charge is 0.128 e. The van der Waals surface area contributed by atoms with E-state index in [-0.39, 0.29) is 11.9 Å². The van der Waals surface area contributed by atoms with Crippen LogP contribution in [0.25, 0.3) is 0 Å². The lowest BCUT2D eigenvalue weighted by Crippen LogP contribution is -2.22. The predicted molar refractivity (Wildman–Crippen MR) is 73.4 cm³/mol. The van der Waals surface area contributed by atoms with Crippen molar-refractivity contribution in [2.75, 3.05) is 6.54 Å². The Bertz CT molecular complexity index is 513. The van der Waals surface area contributed by atoms with Crippen LogP contribution in [0.1, 0.15) is 24.1 Å². The molecule has 0 aliphatic rings. The van der Waals surface area contributed by atoms with Crippen molar-refractivity contribution in [3.05, 3.63) is 70.5 Å². The fraction of sp³-hybridized carbons (Fsp3) is 0.200. The Morgan fingerprint density at radius 1 is 1.17 bits per heavy atom. The summed E-state index contributed by atoms with van der Waals surface area (Å²) in [6.07, 6.45) is 0. The van der Waals surface area contributed by atoms with Crippen LogP contribution in [0.15, 0.2) is 48.5 Å². The Morgan fingerprint density at radius 3 is 2.56 bits per heavy atom. The van der Waals surface area contributed by atoms with Crippen LogP contribution < -0.4 is 5.32 Å². The van der Waals surface area contributed by atoms with E-state index in [4.69, 9.17) is 11.6 Å². The normalized spacial score (nSPS) is 12.4. The zero-order valence-corrected chi connectivity index (χ0v) is 10.9. The predicted octanol–water partition coefficient (Wildman–Crippen LogP) is 4.18. The minimum atomic E-state index is -0.241. The molecular formula is C15H15ClFN. The Hall–Kier alpha value is -1.38. The van der Waals surface area contributed by atoms with E-state index in [1.165, 1.54) is 6.07 Å². The molecule has 0 amide bonds. The van der Waals surface area contributed by atoms with Crippen molar-refractivity contribution in [1.82, 2.24) is 5.32 Å². The molecule has 2 aromatic carbocycles. The largest absolute Gasteiger partial charge is 0.306 e. The van der Waals surface area contributed by atoms with Crippen LogP contribution in [-0.4, -0.2) is 6.54 Å². The third-order valence-electron chi connectivity index (χ3n) is 2.81. The number of rotatable bonds is 4. The third-order valence-corrected chi connectivity index (χ3v) is 3.05. The van der Waals surface area contributed by atoms with Gasteiger partial charge < -0.3 is 5.32 Å². The highest BCUT2D eigenvalue weighted by Crippen LogP contribution is 2.26. The van der Waals surface area contributed by atoms with E-state index >= 15 is 0 Å². The van der Waals surface area contributed by atoms with Crippen LogP contribution in [0, 0.1) is 5.82 Å². The summed E-state index contributed by atoms with van der Waals surface area (Å²) in [5.74, 6) is -0.241. The van der Waals surface area contributed by atoms with Gasteiger partial charge in [-0.2, -0.15) is 0 Å². The fourth-order valence-electron chi connectivity index (χ4n) is 1.99. The molecule has 0 aromatic heterocycles. The van der Waals surface area contributed by atoms with Crippen LogP contribution in [-0.2, 0) is 0 Å². The molecule has 1 atom stereocenters. The van der Waals surface area contributed by atoms with Crippen molar-refractivity contribution in [3.8, 4) is 0 Å². The molecule has 2 rings (SSSR count). The number of hydrogen-bond acceptors (Lipinski definition) is 1. The van der Waals surface area contributed by atoms with Crippen LogP contribution in [0.2, 0.25) is 5.02 Å². The topological polar surface area (TPSA) is 12.0 Å². The molecular weight excluding hydrogens is 249 g/mol. The zero-order valence-electron chi connectivity index (χ0n) is 10.2. The van der Waals surface area contributed by atoms with Gasteiger partial charge in [0, 0.05) is 10.6 Å². The van der Waals surface area contributed by atoms with E-state index in [0.29, 0.717) is 10.6 Å². The molecule has 0 spiro atoms. The highest BCUT2D eigenvalue weighted by atomic mass is 35.5. The maximum Gasteiger partial charge on any atom is 0.128 e. The van der Waals surface area contributed by atoms with Gasteiger partial charge in [0.2, 0.25) is 0 Å². The molecule has 0 saturated carbocycles. The number of halogens is 2. The first-order valence-corrected chi connectivity index (χ1v) is 6.33. The number of hydrogen-bond donors (Lipinski definition) is 1. The maximum absolute atomic E-state index is 13.9. The molecule has 0 aliphatic heterocycles. The molecule has 0 aliphatic carbocycles. The minimum Gasteiger partial charge on any atom is -0.306 e. The van der Waals surface area contributed by atoms with E-state index in [1.54, 1.807) is 12.1 Å². The molecule has 0 radical (unpaired) electrons. The average molecular weight is 264 g/mol. The van der Waals surface area contributed by atoms with Gasteiger partial charge in [-0.05, 0) is 30.3 Å². The van der Waals surface area contributed by atoms with Crippen molar-refractivity contribution in [1.29, 1.82) is 0 Å². The van der Waals surface area contributed by atoms with Crippen molar-refractivity contribution >= 4 is 11.6 Å². The average Bonchev–Trinajstić information content (AvgIpc) is 2.40. The van der Waals surface area contributed by atoms with Gasteiger partial charge in [0.25, 0.3) is 0 Å². The van der Waals surface area contributed by atoms with Gasteiger partial charge in [0.05, 0.1) is 6.04 Å². The molecule has 2 aromatic rings. The molecule has 0 heterocycles. The van der Waals surface area contributed by atoms with Crippen LogP contribution in [0.4, 0.5) is 4.39 Å². The van der Waals surface area contributed by atoms with E-state index in [9.17, 15) is 4.39 Å². The first-order valence-electron chi connectivity index (χ1n) is 5.95. The molecule has 1 N–H and O–H groups in total. The van der Waals surface area contributed by atoms with E-state index in [0.717, 1.165) is 12.1 Å². The summed E-state index contributed by atoms with van der Waals surface area (Å²) in [5, 5.41) is 3.83. The molecule has 94 valence electrons. The Labute approximate surface area is 112 Å². The molecule has 1 nitrogen and oxygen atoms in total. The van der Waals surface area contributed by atoms with Crippen LogP contribution in [0.5, 0.6) is 0 Å². The zero-order chi connectivity index (χ0) is 13.0. The first kappa shape index (κ1) is 13.1. The third kappa shape index (κ3) is 2.89. The summed E-state index contributed by atoms with van der Waals surface area (Å²) < 4.78 is 13.9. The monoisotopic (exact) mass is 263 g/mol. The SMILES string of the molecule is CCNC(c1ccccc1)c1cc(Cl)ccc1F. The second-order valence-corrected chi connectivity index (χ2v) is 4.50. The summed E-state index contributed by atoms with van der Waals surface area (Å²) in [6, 6.07) is 14.3. The number of benzene rings is 2. The van der Waals surface area contributed by atoms with Crippen molar-refractivity contribution < 1.29 is 4.39 Å². The minimum absolute atomic E-state index is 0.171. The summed E-state index contributed by atoms with van der Waals surface area (Å²) in [6.45, 7) is 2.75. The summed E-state index contributed by atoms with van der Waals surface area (Å²) >= 11 is 5.95.